The first-order valence-corrected chi connectivity index (χ1v) is 11.3. The molecule has 2 heterocycles. The van der Waals surface area contributed by atoms with E-state index in [1.54, 1.807) is 13.1 Å². The van der Waals surface area contributed by atoms with Crippen molar-refractivity contribution < 1.29 is 14.3 Å². The number of nitrogens with one attached hydrogen (secondary N) is 1. The van der Waals surface area contributed by atoms with E-state index in [1.807, 2.05) is 43.3 Å². The Labute approximate surface area is 197 Å². The Bertz CT molecular complexity index is 1230. The van der Waals surface area contributed by atoms with Crippen molar-refractivity contribution in [1.82, 2.24) is 14.5 Å². The molecule has 1 N–H and O–H groups in total. The van der Waals surface area contributed by atoms with E-state index in [1.165, 1.54) is 15.8 Å². The van der Waals surface area contributed by atoms with Crippen LogP contribution in [0.25, 0.3) is 10.9 Å². The van der Waals surface area contributed by atoms with Crippen molar-refractivity contribution in [3.63, 3.8) is 0 Å². The van der Waals surface area contributed by atoms with Crippen molar-refractivity contribution in [2.75, 3.05) is 50.1 Å². The largest absolute Gasteiger partial charge is 0.378 e. The first-order chi connectivity index (χ1) is 16.4. The molecule has 0 unspecified atom stereocenters. The van der Waals surface area contributed by atoms with Gasteiger partial charge >= 0.3 is 0 Å². The number of carbonyl (C=O) groups excluding carboxylic acids is 2. The van der Waals surface area contributed by atoms with E-state index in [2.05, 4.69) is 15.2 Å². The molecule has 2 aromatic carbocycles. The number of hydrogen-bond acceptors (Lipinski definition) is 6. The van der Waals surface area contributed by atoms with Crippen LogP contribution in [0.4, 0.5) is 11.4 Å². The number of carbonyl (C=O) groups is 2. The number of aromatic nitrogens is 2. The molecule has 1 fully saturated rings. The highest BCUT2D eigenvalue weighted by Gasteiger charge is 2.15. The molecule has 1 saturated heterocycles. The molecule has 0 radical (unpaired) electrons. The van der Waals surface area contributed by atoms with Crippen molar-refractivity contribution in [2.45, 2.75) is 19.9 Å². The molecule has 0 spiro atoms. The van der Waals surface area contributed by atoms with Crippen LogP contribution in [0.2, 0.25) is 0 Å². The second kappa shape index (κ2) is 10.5. The lowest BCUT2D eigenvalue weighted by Crippen LogP contribution is -2.36. The topological polar surface area (TPSA) is 96.8 Å². The zero-order valence-electron chi connectivity index (χ0n) is 19.5. The summed E-state index contributed by atoms with van der Waals surface area (Å²) in [7, 11) is 1.58. The molecule has 2 amide bonds. The minimum Gasteiger partial charge on any atom is -0.378 e. The Morgan fingerprint density at radius 2 is 1.85 bits per heavy atom. The van der Waals surface area contributed by atoms with E-state index in [0.29, 0.717) is 29.8 Å². The van der Waals surface area contributed by atoms with Gasteiger partial charge in [0.2, 0.25) is 11.8 Å². The highest BCUT2D eigenvalue weighted by atomic mass is 16.5. The maximum absolute atomic E-state index is 12.7. The van der Waals surface area contributed by atoms with Crippen molar-refractivity contribution in [3.8, 4) is 0 Å². The summed E-state index contributed by atoms with van der Waals surface area (Å²) in [6.07, 6.45) is 1.56. The van der Waals surface area contributed by atoms with Gasteiger partial charge < -0.3 is 19.9 Å². The standard InChI is InChI=1S/C25H29N5O4/c1-18-4-3-5-21-24(18)26-17-30(25(21)33)11-10-23(32)28(2)16-22(31)27-19-6-8-20(9-7-19)29-12-14-34-15-13-29/h3-9,17H,10-16H2,1-2H3,(H,27,31). The fourth-order valence-electron chi connectivity index (χ4n) is 3.98. The molecule has 1 aromatic heterocycles. The van der Waals surface area contributed by atoms with E-state index in [0.717, 1.165) is 24.3 Å². The highest BCUT2D eigenvalue weighted by Crippen LogP contribution is 2.19. The minimum absolute atomic E-state index is 0.0753. The van der Waals surface area contributed by atoms with Crippen LogP contribution in [0.15, 0.2) is 53.6 Å². The number of ether oxygens (including phenoxy) is 1. The first-order valence-electron chi connectivity index (χ1n) is 11.3. The van der Waals surface area contributed by atoms with E-state index >= 15 is 0 Å². The Morgan fingerprint density at radius 1 is 1.12 bits per heavy atom. The third-order valence-electron chi connectivity index (χ3n) is 5.96. The Hall–Kier alpha value is -3.72. The van der Waals surface area contributed by atoms with Crippen LogP contribution in [0, 0.1) is 6.92 Å². The van der Waals surface area contributed by atoms with Crippen molar-refractivity contribution in [1.29, 1.82) is 0 Å². The lowest BCUT2D eigenvalue weighted by atomic mass is 10.1. The van der Waals surface area contributed by atoms with Crippen molar-refractivity contribution in [2.24, 2.45) is 0 Å². The molecule has 0 atom stereocenters. The molecular formula is C25H29N5O4. The molecule has 178 valence electrons. The molecular weight excluding hydrogens is 434 g/mol. The summed E-state index contributed by atoms with van der Waals surface area (Å²) < 4.78 is 6.81. The van der Waals surface area contributed by atoms with Gasteiger partial charge in [-0.25, -0.2) is 4.98 Å². The average molecular weight is 464 g/mol. The number of likely N-dealkylation sites (N-methyl/N-ethyl adjacent to an activating group) is 1. The Morgan fingerprint density at radius 3 is 2.59 bits per heavy atom. The van der Waals surface area contributed by atoms with Crippen LogP contribution < -0.4 is 15.8 Å². The number of amides is 2. The van der Waals surface area contributed by atoms with E-state index in [9.17, 15) is 14.4 Å². The number of nitrogens with zero attached hydrogens (tertiary/aromatic N) is 4. The van der Waals surface area contributed by atoms with Crippen LogP contribution in [0.1, 0.15) is 12.0 Å². The summed E-state index contributed by atoms with van der Waals surface area (Å²) in [4.78, 5) is 45.6. The number of rotatable bonds is 7. The van der Waals surface area contributed by atoms with Gasteiger partial charge in [-0.2, -0.15) is 0 Å². The molecule has 1 aliphatic heterocycles. The molecule has 34 heavy (non-hydrogen) atoms. The summed E-state index contributed by atoms with van der Waals surface area (Å²) in [6.45, 7) is 5.15. The Kier molecular flexibility index (Phi) is 7.22. The van der Waals surface area contributed by atoms with Crippen LogP contribution in [-0.2, 0) is 20.9 Å². The normalized spacial score (nSPS) is 13.6. The third kappa shape index (κ3) is 5.43. The summed E-state index contributed by atoms with van der Waals surface area (Å²) in [5.41, 5.74) is 3.18. The van der Waals surface area contributed by atoms with Gasteiger partial charge in [-0.1, -0.05) is 12.1 Å². The molecule has 0 saturated carbocycles. The van der Waals surface area contributed by atoms with Gasteiger partial charge in [0.05, 0.1) is 37.0 Å². The number of para-hydroxylation sites is 1. The highest BCUT2D eigenvalue weighted by molar-refractivity contribution is 5.94. The summed E-state index contributed by atoms with van der Waals surface area (Å²) in [5.74, 6) is -0.510. The maximum Gasteiger partial charge on any atom is 0.261 e. The summed E-state index contributed by atoms with van der Waals surface area (Å²) in [5, 5.41) is 3.35. The third-order valence-corrected chi connectivity index (χ3v) is 5.96. The monoisotopic (exact) mass is 463 g/mol. The van der Waals surface area contributed by atoms with E-state index in [4.69, 9.17) is 4.74 Å². The van der Waals surface area contributed by atoms with Gasteiger partial charge in [-0.3, -0.25) is 19.0 Å². The lowest BCUT2D eigenvalue weighted by molar-refractivity contribution is -0.133. The minimum atomic E-state index is -0.282. The molecule has 9 heteroatoms. The van der Waals surface area contributed by atoms with Crippen LogP contribution in [0.3, 0.4) is 0 Å². The van der Waals surface area contributed by atoms with E-state index < -0.39 is 0 Å². The number of fused-ring (bicyclic) bond motifs is 1. The second-order valence-corrected chi connectivity index (χ2v) is 8.41. The quantitative estimate of drug-likeness (QED) is 0.576. The number of anilines is 2. The van der Waals surface area contributed by atoms with Crippen molar-refractivity contribution >= 4 is 34.1 Å². The van der Waals surface area contributed by atoms with Crippen LogP contribution >= 0.6 is 0 Å². The zero-order chi connectivity index (χ0) is 24.1. The van der Waals surface area contributed by atoms with Crippen molar-refractivity contribution in [3.05, 3.63) is 64.7 Å². The summed E-state index contributed by atoms with van der Waals surface area (Å²) in [6, 6.07) is 13.1. The first kappa shape index (κ1) is 23.4. The number of morpholine rings is 1. The van der Waals surface area contributed by atoms with Gasteiger partial charge in [0.25, 0.3) is 5.56 Å². The van der Waals surface area contributed by atoms with Gasteiger partial charge in [-0.15, -0.1) is 0 Å². The van der Waals surface area contributed by atoms with E-state index in [-0.39, 0.29) is 36.9 Å². The molecule has 4 rings (SSSR count). The fourth-order valence-corrected chi connectivity index (χ4v) is 3.98. The molecule has 0 bridgehead atoms. The van der Waals surface area contributed by atoms with Gasteiger partial charge in [0, 0.05) is 44.5 Å². The number of hydrogen-bond donors (Lipinski definition) is 1. The number of aryl methyl sites for hydroxylation is 2. The lowest BCUT2D eigenvalue weighted by Gasteiger charge is -2.28. The van der Waals surface area contributed by atoms with Gasteiger partial charge in [-0.05, 0) is 42.8 Å². The predicted octanol–water partition coefficient (Wildman–Crippen LogP) is 2.03. The SMILES string of the molecule is Cc1cccc2c(=O)n(CCC(=O)N(C)CC(=O)Nc3ccc(N4CCOCC4)cc3)cnc12. The predicted molar refractivity (Wildman–Crippen MR) is 131 cm³/mol. The van der Waals surface area contributed by atoms with Crippen LogP contribution in [-0.4, -0.2) is 66.2 Å². The molecule has 9 nitrogen and oxygen atoms in total. The molecule has 1 aliphatic rings. The molecule has 3 aromatic rings. The smallest absolute Gasteiger partial charge is 0.261 e. The fraction of sp³-hybridized carbons (Fsp3) is 0.360. The summed E-state index contributed by atoms with van der Waals surface area (Å²) >= 11 is 0. The van der Waals surface area contributed by atoms with Gasteiger partial charge in [0.15, 0.2) is 0 Å². The second-order valence-electron chi connectivity index (χ2n) is 8.41. The molecule has 0 aliphatic carbocycles. The Balaban J connectivity index is 1.28. The maximum atomic E-state index is 12.7. The van der Waals surface area contributed by atoms with Crippen LogP contribution in [0.5, 0.6) is 0 Å². The van der Waals surface area contributed by atoms with Gasteiger partial charge in [0.1, 0.15) is 0 Å². The average Bonchev–Trinajstić information content (AvgIpc) is 2.85. The zero-order valence-corrected chi connectivity index (χ0v) is 19.5. The number of benzene rings is 2.